The number of phenolic OH excluding ortho intramolecular Hbond substituents is 1. The maximum atomic E-state index is 12.6. The summed E-state index contributed by atoms with van der Waals surface area (Å²) in [5, 5.41) is 12.6. The monoisotopic (exact) mass is 418 g/mol. The number of ether oxygens (including phenoxy) is 2. The van der Waals surface area contributed by atoms with Crippen LogP contribution >= 0.6 is 0 Å². The summed E-state index contributed by atoms with van der Waals surface area (Å²) in [6.45, 7) is 3.63. The van der Waals surface area contributed by atoms with Crippen molar-refractivity contribution >= 4 is 12.0 Å². The lowest BCUT2D eigenvalue weighted by molar-refractivity contribution is -0.126. The molecule has 2 amide bonds. The van der Waals surface area contributed by atoms with Gasteiger partial charge in [-0.1, -0.05) is 19.4 Å². The molecule has 166 valence electrons. The summed E-state index contributed by atoms with van der Waals surface area (Å²) >= 11 is 0. The Hall–Kier alpha value is -2.44. The van der Waals surface area contributed by atoms with Gasteiger partial charge in [0.15, 0.2) is 11.5 Å². The lowest BCUT2D eigenvalue weighted by atomic mass is 9.85. The van der Waals surface area contributed by atoms with Gasteiger partial charge in [0, 0.05) is 25.6 Å². The Kier molecular flexibility index (Phi) is 7.82. The van der Waals surface area contributed by atoms with Crippen LogP contribution in [0.4, 0.5) is 4.79 Å². The number of piperidine rings is 1. The minimum atomic E-state index is -0.226. The smallest absolute Gasteiger partial charge is 0.410 e. The highest BCUT2D eigenvalue weighted by Crippen LogP contribution is 2.30. The van der Waals surface area contributed by atoms with E-state index in [0.29, 0.717) is 44.1 Å². The first-order valence-electron chi connectivity index (χ1n) is 11.1. The van der Waals surface area contributed by atoms with Gasteiger partial charge in [0.05, 0.1) is 7.11 Å². The largest absolute Gasteiger partial charge is 0.504 e. The highest BCUT2D eigenvalue weighted by atomic mass is 16.6. The number of benzene rings is 1. The SMILES string of the molecule is CC[C@H]1CCCC[C@H]1OC(=O)N1CCC(C(=O)NCc2ccc(O)c(OC)c2)CC1. The van der Waals surface area contributed by atoms with Gasteiger partial charge < -0.3 is 24.8 Å². The molecule has 7 heteroatoms. The lowest BCUT2D eigenvalue weighted by Crippen LogP contribution is -2.44. The van der Waals surface area contributed by atoms with Crippen LogP contribution in [0.25, 0.3) is 0 Å². The quantitative estimate of drug-likeness (QED) is 0.733. The number of amides is 2. The second kappa shape index (κ2) is 10.5. The summed E-state index contributed by atoms with van der Waals surface area (Å²) in [6.07, 6.45) is 6.61. The minimum Gasteiger partial charge on any atom is -0.504 e. The van der Waals surface area contributed by atoms with Crippen LogP contribution < -0.4 is 10.1 Å². The van der Waals surface area contributed by atoms with Crippen LogP contribution in [0.5, 0.6) is 11.5 Å². The highest BCUT2D eigenvalue weighted by Gasteiger charge is 2.32. The average molecular weight is 419 g/mol. The van der Waals surface area contributed by atoms with Crippen molar-refractivity contribution < 1.29 is 24.2 Å². The molecule has 2 N–H and O–H groups in total. The average Bonchev–Trinajstić information content (AvgIpc) is 2.78. The van der Waals surface area contributed by atoms with Gasteiger partial charge in [-0.05, 0) is 62.1 Å². The zero-order valence-corrected chi connectivity index (χ0v) is 18.1. The van der Waals surface area contributed by atoms with Crippen molar-refractivity contribution in [3.63, 3.8) is 0 Å². The zero-order chi connectivity index (χ0) is 21.5. The van der Waals surface area contributed by atoms with Crippen molar-refractivity contribution in [1.82, 2.24) is 10.2 Å². The molecule has 1 heterocycles. The van der Waals surface area contributed by atoms with E-state index in [1.165, 1.54) is 13.5 Å². The normalized spacial score (nSPS) is 22.4. The van der Waals surface area contributed by atoms with Crippen molar-refractivity contribution in [3.05, 3.63) is 23.8 Å². The third-order valence-corrected chi connectivity index (χ3v) is 6.45. The van der Waals surface area contributed by atoms with Gasteiger partial charge >= 0.3 is 6.09 Å². The van der Waals surface area contributed by atoms with E-state index in [1.54, 1.807) is 23.1 Å². The molecule has 1 saturated heterocycles. The van der Waals surface area contributed by atoms with E-state index < -0.39 is 0 Å². The minimum absolute atomic E-state index is 0.00612. The standard InChI is InChI=1S/C23H34N2O5/c1-3-17-6-4-5-7-20(17)30-23(28)25-12-10-18(11-13-25)22(27)24-15-16-8-9-19(26)21(14-16)29-2/h8-9,14,17-18,20,26H,3-7,10-13,15H2,1-2H3,(H,24,27)/t17-,20+/m0/s1. The Morgan fingerprint density at radius 2 is 1.90 bits per heavy atom. The van der Waals surface area contributed by atoms with Gasteiger partial charge in [0.25, 0.3) is 0 Å². The van der Waals surface area contributed by atoms with E-state index in [2.05, 4.69) is 12.2 Å². The number of nitrogens with zero attached hydrogens (tertiary/aromatic N) is 1. The van der Waals surface area contributed by atoms with Crippen molar-refractivity contribution in [3.8, 4) is 11.5 Å². The summed E-state index contributed by atoms with van der Waals surface area (Å²) in [5.74, 6) is 0.825. The first-order chi connectivity index (χ1) is 14.5. The fraction of sp³-hybridized carbons (Fsp3) is 0.652. The van der Waals surface area contributed by atoms with Gasteiger partial charge in [-0.3, -0.25) is 4.79 Å². The van der Waals surface area contributed by atoms with E-state index in [9.17, 15) is 14.7 Å². The van der Waals surface area contributed by atoms with Gasteiger partial charge in [-0.25, -0.2) is 4.79 Å². The number of nitrogens with one attached hydrogen (secondary N) is 1. The van der Waals surface area contributed by atoms with Crippen LogP contribution in [-0.4, -0.2) is 48.3 Å². The molecule has 0 radical (unpaired) electrons. The summed E-state index contributed by atoms with van der Waals surface area (Å²) in [4.78, 5) is 26.9. The molecule has 3 rings (SSSR count). The van der Waals surface area contributed by atoms with Gasteiger partial charge in [-0.2, -0.15) is 0 Å². The topological polar surface area (TPSA) is 88.1 Å². The van der Waals surface area contributed by atoms with E-state index in [0.717, 1.165) is 31.2 Å². The number of rotatable bonds is 6. The first kappa shape index (κ1) is 22.2. The molecule has 0 bridgehead atoms. The molecule has 1 aliphatic carbocycles. The molecule has 1 aliphatic heterocycles. The van der Waals surface area contributed by atoms with Crippen LogP contribution in [0, 0.1) is 11.8 Å². The van der Waals surface area contributed by atoms with E-state index in [1.807, 2.05) is 0 Å². The number of carbonyl (C=O) groups is 2. The molecular weight excluding hydrogens is 384 g/mol. The van der Waals surface area contributed by atoms with Crippen molar-refractivity contribution in [2.45, 2.75) is 64.5 Å². The van der Waals surface area contributed by atoms with Gasteiger partial charge in [0.2, 0.25) is 5.91 Å². The molecule has 2 aliphatic rings. The van der Waals surface area contributed by atoms with Crippen LogP contribution in [0.2, 0.25) is 0 Å². The molecule has 1 aromatic carbocycles. The predicted octanol–water partition coefficient (Wildman–Crippen LogP) is 3.83. The Morgan fingerprint density at radius 3 is 2.60 bits per heavy atom. The van der Waals surface area contributed by atoms with Crippen LogP contribution in [-0.2, 0) is 16.1 Å². The molecule has 0 aromatic heterocycles. The molecule has 2 fully saturated rings. The van der Waals surface area contributed by atoms with Crippen molar-refractivity contribution in [2.75, 3.05) is 20.2 Å². The van der Waals surface area contributed by atoms with Crippen molar-refractivity contribution in [1.29, 1.82) is 0 Å². The van der Waals surface area contributed by atoms with E-state index in [-0.39, 0.29) is 29.8 Å². The Labute approximate surface area is 178 Å². The number of phenols is 1. The summed E-state index contributed by atoms with van der Waals surface area (Å²) in [6, 6.07) is 5.02. The number of methoxy groups -OCH3 is 1. The number of hydrogen-bond acceptors (Lipinski definition) is 5. The molecule has 7 nitrogen and oxygen atoms in total. The number of likely N-dealkylation sites (tertiary alicyclic amines) is 1. The summed E-state index contributed by atoms with van der Waals surface area (Å²) in [7, 11) is 1.49. The zero-order valence-electron chi connectivity index (χ0n) is 18.1. The fourth-order valence-corrected chi connectivity index (χ4v) is 4.49. The van der Waals surface area contributed by atoms with Gasteiger partial charge in [-0.15, -0.1) is 0 Å². The second-order valence-electron chi connectivity index (χ2n) is 8.36. The number of hydrogen-bond donors (Lipinski definition) is 2. The van der Waals surface area contributed by atoms with Crippen molar-refractivity contribution in [2.24, 2.45) is 11.8 Å². The third-order valence-electron chi connectivity index (χ3n) is 6.45. The molecule has 2 atom stereocenters. The maximum absolute atomic E-state index is 12.6. The van der Waals surface area contributed by atoms with Crippen LogP contribution in [0.15, 0.2) is 18.2 Å². The maximum Gasteiger partial charge on any atom is 0.410 e. The molecular formula is C23H34N2O5. The lowest BCUT2D eigenvalue weighted by Gasteiger charge is -2.35. The number of aromatic hydroxyl groups is 1. The fourth-order valence-electron chi connectivity index (χ4n) is 4.49. The van der Waals surface area contributed by atoms with Crippen LogP contribution in [0.1, 0.15) is 57.4 Å². The Balaban J connectivity index is 1.43. The molecule has 1 saturated carbocycles. The Morgan fingerprint density at radius 1 is 1.17 bits per heavy atom. The third kappa shape index (κ3) is 5.58. The van der Waals surface area contributed by atoms with E-state index >= 15 is 0 Å². The first-order valence-corrected chi connectivity index (χ1v) is 11.1. The molecule has 30 heavy (non-hydrogen) atoms. The van der Waals surface area contributed by atoms with Gasteiger partial charge in [0.1, 0.15) is 6.10 Å². The summed E-state index contributed by atoms with van der Waals surface area (Å²) < 4.78 is 10.9. The van der Waals surface area contributed by atoms with E-state index in [4.69, 9.17) is 9.47 Å². The predicted molar refractivity (Wildman–Crippen MR) is 113 cm³/mol. The Bertz CT molecular complexity index is 730. The van der Waals surface area contributed by atoms with Crippen LogP contribution in [0.3, 0.4) is 0 Å². The molecule has 0 unspecified atom stereocenters. The molecule has 0 spiro atoms. The summed E-state index contributed by atoms with van der Waals surface area (Å²) in [5.41, 5.74) is 0.858. The second-order valence-corrected chi connectivity index (χ2v) is 8.36. The number of carbonyl (C=O) groups excluding carboxylic acids is 2. The molecule has 1 aromatic rings. The highest BCUT2D eigenvalue weighted by molar-refractivity contribution is 5.79.